The van der Waals surface area contributed by atoms with Crippen molar-refractivity contribution in [2.75, 3.05) is 53.0 Å². The minimum absolute atomic E-state index is 0.319. The van der Waals surface area contributed by atoms with Gasteiger partial charge in [0.2, 0.25) is 0 Å². The quantitative estimate of drug-likeness (QED) is 0.309. The molecule has 1 heterocycles. The van der Waals surface area contributed by atoms with Gasteiger partial charge in [0.25, 0.3) is 0 Å². The maximum absolute atomic E-state index is 5.70. The number of guanidine groups is 1. The standard InChI is InChI=1S/C21H42N4O2/c1-3-22-21(24-14-9-16-26-18-20-12-7-17-27-20)23-13-8-15-25(2)19-10-5-4-6-11-19/h19-20H,3-18H2,1-2H3,(H2,22,23,24). The van der Waals surface area contributed by atoms with Crippen molar-refractivity contribution in [1.29, 1.82) is 0 Å². The SMILES string of the molecule is CCNC(=NCCCOCC1CCCO1)NCCCN(C)C1CCCCC1. The Morgan fingerprint density at radius 1 is 1.11 bits per heavy atom. The largest absolute Gasteiger partial charge is 0.379 e. The van der Waals surface area contributed by atoms with E-state index in [1.54, 1.807) is 0 Å². The highest BCUT2D eigenvalue weighted by atomic mass is 16.5. The third kappa shape index (κ3) is 9.77. The summed E-state index contributed by atoms with van der Waals surface area (Å²) in [5, 5.41) is 6.80. The zero-order valence-corrected chi connectivity index (χ0v) is 17.7. The molecule has 2 rings (SSSR count). The third-order valence-electron chi connectivity index (χ3n) is 5.57. The van der Waals surface area contributed by atoms with E-state index < -0.39 is 0 Å². The molecular formula is C21H42N4O2. The van der Waals surface area contributed by atoms with Crippen molar-refractivity contribution < 1.29 is 9.47 Å². The van der Waals surface area contributed by atoms with Crippen LogP contribution in [0.2, 0.25) is 0 Å². The van der Waals surface area contributed by atoms with Gasteiger partial charge in [0.15, 0.2) is 5.96 Å². The minimum atomic E-state index is 0.319. The lowest BCUT2D eigenvalue weighted by Crippen LogP contribution is -2.40. The van der Waals surface area contributed by atoms with Gasteiger partial charge < -0.3 is 25.0 Å². The van der Waals surface area contributed by atoms with Crippen LogP contribution in [0.5, 0.6) is 0 Å². The molecule has 1 saturated heterocycles. The van der Waals surface area contributed by atoms with Crippen LogP contribution in [0.25, 0.3) is 0 Å². The first-order valence-electron chi connectivity index (χ1n) is 11.2. The molecule has 0 aromatic rings. The average Bonchev–Trinajstić information content (AvgIpc) is 3.21. The van der Waals surface area contributed by atoms with E-state index in [9.17, 15) is 0 Å². The van der Waals surface area contributed by atoms with E-state index in [1.165, 1.54) is 38.5 Å². The summed E-state index contributed by atoms with van der Waals surface area (Å²) in [7, 11) is 2.28. The number of nitrogens with zero attached hydrogens (tertiary/aromatic N) is 2. The molecule has 6 nitrogen and oxygen atoms in total. The van der Waals surface area contributed by atoms with Crippen molar-refractivity contribution in [3.8, 4) is 0 Å². The molecule has 0 spiro atoms. The van der Waals surface area contributed by atoms with Gasteiger partial charge in [-0.1, -0.05) is 19.3 Å². The van der Waals surface area contributed by atoms with Gasteiger partial charge in [0.1, 0.15) is 0 Å². The summed E-state index contributed by atoms with van der Waals surface area (Å²) in [6.45, 7) is 8.31. The molecule has 27 heavy (non-hydrogen) atoms. The normalized spacial score (nSPS) is 21.7. The van der Waals surface area contributed by atoms with Crippen molar-refractivity contribution in [1.82, 2.24) is 15.5 Å². The average molecular weight is 383 g/mol. The Morgan fingerprint density at radius 2 is 1.96 bits per heavy atom. The summed E-state index contributed by atoms with van der Waals surface area (Å²) in [6, 6.07) is 0.801. The molecule has 158 valence electrons. The number of hydrogen-bond acceptors (Lipinski definition) is 4. The molecule has 0 radical (unpaired) electrons. The highest BCUT2D eigenvalue weighted by Gasteiger charge is 2.17. The molecule has 2 fully saturated rings. The molecule has 0 amide bonds. The van der Waals surface area contributed by atoms with E-state index in [0.717, 1.165) is 77.3 Å². The Bertz CT molecular complexity index is 394. The zero-order chi connectivity index (χ0) is 19.2. The summed E-state index contributed by atoms with van der Waals surface area (Å²) in [5.41, 5.74) is 0. The molecule has 2 aliphatic rings. The molecule has 0 bridgehead atoms. The summed E-state index contributed by atoms with van der Waals surface area (Å²) in [5.74, 6) is 0.928. The number of rotatable bonds is 12. The Kier molecular flexibility index (Phi) is 11.8. The van der Waals surface area contributed by atoms with Crippen molar-refractivity contribution in [2.24, 2.45) is 4.99 Å². The van der Waals surface area contributed by atoms with Gasteiger partial charge in [0.05, 0.1) is 12.7 Å². The molecule has 0 aromatic heterocycles. The second-order valence-corrected chi connectivity index (χ2v) is 7.88. The van der Waals surface area contributed by atoms with Gasteiger partial charge in [-0.3, -0.25) is 4.99 Å². The predicted molar refractivity (Wildman–Crippen MR) is 113 cm³/mol. The molecule has 0 aromatic carbocycles. The molecule has 2 N–H and O–H groups in total. The van der Waals surface area contributed by atoms with E-state index in [4.69, 9.17) is 9.47 Å². The van der Waals surface area contributed by atoms with Crippen LogP contribution in [-0.4, -0.2) is 76.1 Å². The van der Waals surface area contributed by atoms with Gasteiger partial charge in [-0.25, -0.2) is 0 Å². The monoisotopic (exact) mass is 382 g/mol. The van der Waals surface area contributed by atoms with Crippen LogP contribution >= 0.6 is 0 Å². The highest BCUT2D eigenvalue weighted by molar-refractivity contribution is 5.79. The van der Waals surface area contributed by atoms with E-state index in [1.807, 2.05) is 0 Å². The van der Waals surface area contributed by atoms with Crippen molar-refractivity contribution in [3.05, 3.63) is 0 Å². The van der Waals surface area contributed by atoms with Crippen LogP contribution in [-0.2, 0) is 9.47 Å². The molecule has 1 unspecified atom stereocenters. The second-order valence-electron chi connectivity index (χ2n) is 7.88. The Labute approximate surface area is 166 Å². The lowest BCUT2D eigenvalue weighted by molar-refractivity contribution is 0.0171. The van der Waals surface area contributed by atoms with Crippen molar-refractivity contribution in [2.45, 2.75) is 76.9 Å². The van der Waals surface area contributed by atoms with Gasteiger partial charge in [0, 0.05) is 38.9 Å². The predicted octanol–water partition coefficient (Wildman–Crippen LogP) is 2.78. The minimum Gasteiger partial charge on any atom is -0.379 e. The number of nitrogens with one attached hydrogen (secondary N) is 2. The third-order valence-corrected chi connectivity index (χ3v) is 5.57. The number of aliphatic imine (C=N–C) groups is 1. The van der Waals surface area contributed by atoms with Gasteiger partial charge >= 0.3 is 0 Å². The van der Waals surface area contributed by atoms with Gasteiger partial charge in [-0.05, 0) is 59.0 Å². The zero-order valence-electron chi connectivity index (χ0n) is 17.7. The Hall–Kier alpha value is -0.850. The smallest absolute Gasteiger partial charge is 0.191 e. The lowest BCUT2D eigenvalue weighted by atomic mass is 9.94. The first kappa shape index (κ1) is 22.4. The summed E-state index contributed by atoms with van der Waals surface area (Å²) >= 11 is 0. The maximum atomic E-state index is 5.70. The summed E-state index contributed by atoms with van der Waals surface area (Å²) in [4.78, 5) is 7.21. The van der Waals surface area contributed by atoms with Gasteiger partial charge in [-0.2, -0.15) is 0 Å². The highest BCUT2D eigenvalue weighted by Crippen LogP contribution is 2.21. The molecule has 1 aliphatic heterocycles. The Balaban J connectivity index is 1.51. The number of ether oxygens (including phenoxy) is 2. The van der Waals surface area contributed by atoms with Crippen LogP contribution in [0.4, 0.5) is 0 Å². The molecular weight excluding hydrogens is 340 g/mol. The molecule has 1 aliphatic carbocycles. The van der Waals surface area contributed by atoms with Crippen LogP contribution in [0.3, 0.4) is 0 Å². The first-order chi connectivity index (χ1) is 13.3. The molecule has 6 heteroatoms. The first-order valence-corrected chi connectivity index (χ1v) is 11.2. The van der Waals surface area contributed by atoms with Crippen LogP contribution in [0.15, 0.2) is 4.99 Å². The van der Waals surface area contributed by atoms with Crippen LogP contribution in [0.1, 0.15) is 64.7 Å². The number of hydrogen-bond donors (Lipinski definition) is 2. The van der Waals surface area contributed by atoms with E-state index in [-0.39, 0.29) is 0 Å². The summed E-state index contributed by atoms with van der Waals surface area (Å²) < 4.78 is 11.3. The molecule has 1 saturated carbocycles. The van der Waals surface area contributed by atoms with E-state index in [2.05, 4.69) is 34.5 Å². The van der Waals surface area contributed by atoms with Crippen molar-refractivity contribution in [3.63, 3.8) is 0 Å². The van der Waals surface area contributed by atoms with E-state index in [0.29, 0.717) is 6.10 Å². The Morgan fingerprint density at radius 3 is 2.70 bits per heavy atom. The maximum Gasteiger partial charge on any atom is 0.191 e. The second kappa shape index (κ2) is 14.2. The molecule has 1 atom stereocenters. The van der Waals surface area contributed by atoms with Crippen LogP contribution < -0.4 is 10.6 Å². The van der Waals surface area contributed by atoms with Crippen LogP contribution in [0, 0.1) is 0 Å². The van der Waals surface area contributed by atoms with Crippen molar-refractivity contribution >= 4 is 5.96 Å². The topological polar surface area (TPSA) is 58.1 Å². The lowest BCUT2D eigenvalue weighted by Gasteiger charge is -2.31. The van der Waals surface area contributed by atoms with E-state index >= 15 is 0 Å². The fraction of sp³-hybridized carbons (Fsp3) is 0.952. The summed E-state index contributed by atoms with van der Waals surface area (Å²) in [6.07, 6.45) is 11.7. The fourth-order valence-electron chi connectivity index (χ4n) is 3.93. The van der Waals surface area contributed by atoms with Gasteiger partial charge in [-0.15, -0.1) is 0 Å². The fourth-order valence-corrected chi connectivity index (χ4v) is 3.93.